The third-order valence-corrected chi connectivity index (χ3v) is 9.43. The van der Waals surface area contributed by atoms with Crippen LogP contribution in [0.3, 0.4) is 0 Å². The number of ether oxygens (including phenoxy) is 1. The third-order valence-electron chi connectivity index (χ3n) is 9.07. The summed E-state index contributed by atoms with van der Waals surface area (Å²) in [7, 11) is 1.38. The summed E-state index contributed by atoms with van der Waals surface area (Å²) < 4.78 is 34.4. The number of aliphatic carboxylic acids is 1. The molecule has 41 heavy (non-hydrogen) atoms. The van der Waals surface area contributed by atoms with Gasteiger partial charge in [-0.05, 0) is 50.3 Å². The SMILES string of the molecule is CC1CCN(C[C@@H]2c3c(OCc4nnn(C)c4C(F)F)ccc(Cl)c3CCN2C(=O)C2CCC[C@@]2(C)C(=O)O)C1=O. The molecule has 1 saturated heterocycles. The van der Waals surface area contributed by atoms with Crippen molar-refractivity contribution in [3.8, 4) is 5.75 Å². The van der Waals surface area contributed by atoms with E-state index in [4.69, 9.17) is 16.3 Å². The quantitative estimate of drug-likeness (QED) is 0.488. The van der Waals surface area contributed by atoms with Crippen LogP contribution in [0.4, 0.5) is 8.78 Å². The van der Waals surface area contributed by atoms with Gasteiger partial charge in [-0.15, -0.1) is 5.10 Å². The van der Waals surface area contributed by atoms with E-state index in [0.29, 0.717) is 61.5 Å². The molecular formula is C28H34ClF2N5O5. The van der Waals surface area contributed by atoms with Crippen LogP contribution < -0.4 is 4.74 Å². The Morgan fingerprint density at radius 2 is 2.02 bits per heavy atom. The summed E-state index contributed by atoms with van der Waals surface area (Å²) in [4.78, 5) is 42.7. The molecule has 2 aliphatic heterocycles. The summed E-state index contributed by atoms with van der Waals surface area (Å²) in [5, 5.41) is 18.0. The number of fused-ring (bicyclic) bond motifs is 1. The van der Waals surface area contributed by atoms with E-state index < -0.39 is 29.8 Å². The molecule has 3 heterocycles. The van der Waals surface area contributed by atoms with Crippen LogP contribution in [0.2, 0.25) is 5.02 Å². The number of nitrogens with zero attached hydrogens (tertiary/aromatic N) is 5. The molecule has 1 N–H and O–H groups in total. The van der Waals surface area contributed by atoms with Crippen molar-refractivity contribution in [3.05, 3.63) is 39.7 Å². The van der Waals surface area contributed by atoms with Crippen LogP contribution in [0, 0.1) is 17.3 Å². The van der Waals surface area contributed by atoms with E-state index in [-0.39, 0.29) is 42.3 Å². The molecule has 0 spiro atoms. The first-order valence-electron chi connectivity index (χ1n) is 13.9. The van der Waals surface area contributed by atoms with Crippen LogP contribution in [-0.4, -0.2) is 67.3 Å². The molecule has 4 atom stereocenters. The molecule has 1 saturated carbocycles. The minimum absolute atomic E-state index is 0.0155. The number of hydrogen-bond acceptors (Lipinski definition) is 6. The monoisotopic (exact) mass is 593 g/mol. The molecule has 2 unspecified atom stereocenters. The molecule has 5 rings (SSSR count). The van der Waals surface area contributed by atoms with E-state index >= 15 is 0 Å². The predicted molar refractivity (Wildman–Crippen MR) is 143 cm³/mol. The van der Waals surface area contributed by atoms with E-state index in [1.807, 2.05) is 6.92 Å². The highest BCUT2D eigenvalue weighted by Crippen LogP contribution is 2.47. The van der Waals surface area contributed by atoms with E-state index in [9.17, 15) is 28.3 Å². The molecule has 13 heteroatoms. The Morgan fingerprint density at radius 3 is 2.68 bits per heavy atom. The first-order chi connectivity index (χ1) is 19.4. The molecule has 2 fully saturated rings. The minimum Gasteiger partial charge on any atom is -0.487 e. The van der Waals surface area contributed by atoms with Gasteiger partial charge < -0.3 is 19.6 Å². The molecule has 0 radical (unpaired) electrons. The Balaban J connectivity index is 1.54. The molecule has 0 bridgehead atoms. The van der Waals surface area contributed by atoms with Gasteiger partial charge in [0.1, 0.15) is 23.7 Å². The maximum Gasteiger partial charge on any atom is 0.310 e. The van der Waals surface area contributed by atoms with E-state index in [2.05, 4.69) is 10.3 Å². The number of aromatic nitrogens is 3. The van der Waals surface area contributed by atoms with Gasteiger partial charge in [-0.3, -0.25) is 14.4 Å². The van der Waals surface area contributed by atoms with Crippen molar-refractivity contribution < 1.29 is 33.0 Å². The fraction of sp³-hybridized carbons (Fsp3) is 0.607. The third kappa shape index (κ3) is 5.15. The van der Waals surface area contributed by atoms with Crippen LogP contribution >= 0.6 is 11.6 Å². The van der Waals surface area contributed by atoms with Crippen LogP contribution in [0.25, 0.3) is 0 Å². The largest absolute Gasteiger partial charge is 0.487 e. The smallest absolute Gasteiger partial charge is 0.310 e. The highest BCUT2D eigenvalue weighted by molar-refractivity contribution is 6.31. The summed E-state index contributed by atoms with van der Waals surface area (Å²) in [6.07, 6.45) is -0.233. The topological polar surface area (TPSA) is 118 Å². The van der Waals surface area contributed by atoms with Gasteiger partial charge in [-0.1, -0.05) is 30.2 Å². The normalized spacial score (nSPS) is 26.1. The molecule has 3 aliphatic rings. The van der Waals surface area contributed by atoms with Gasteiger partial charge in [0.25, 0.3) is 6.43 Å². The predicted octanol–water partition coefficient (Wildman–Crippen LogP) is 4.17. The van der Waals surface area contributed by atoms with Gasteiger partial charge in [0, 0.05) is 43.2 Å². The van der Waals surface area contributed by atoms with Gasteiger partial charge in [-0.2, -0.15) is 0 Å². The van der Waals surface area contributed by atoms with Gasteiger partial charge in [-0.25, -0.2) is 13.5 Å². The van der Waals surface area contributed by atoms with Crippen LogP contribution in [0.1, 0.15) is 74.5 Å². The fourth-order valence-electron chi connectivity index (χ4n) is 6.59. The number of carbonyl (C=O) groups excluding carboxylic acids is 2. The number of rotatable bonds is 8. The lowest BCUT2D eigenvalue weighted by Gasteiger charge is -2.42. The Morgan fingerprint density at radius 1 is 1.27 bits per heavy atom. The van der Waals surface area contributed by atoms with E-state index in [1.165, 1.54) is 7.05 Å². The summed E-state index contributed by atoms with van der Waals surface area (Å²) >= 11 is 6.63. The van der Waals surface area contributed by atoms with Gasteiger partial charge in [0.05, 0.1) is 17.4 Å². The summed E-state index contributed by atoms with van der Waals surface area (Å²) in [6, 6.07) is 2.63. The fourth-order valence-corrected chi connectivity index (χ4v) is 6.85. The second-order valence-electron chi connectivity index (χ2n) is 11.5. The summed E-state index contributed by atoms with van der Waals surface area (Å²) in [5.41, 5.74) is -0.212. The lowest BCUT2D eigenvalue weighted by atomic mass is 9.78. The standard InChI is InChI=1S/C28H34ClF2N5O5/c1-15-8-11-35(25(15)37)13-20-22-16(9-12-36(20)26(38)17-5-4-10-28(17,2)27(39)40)18(29)6-7-21(22)41-14-19-23(24(30)31)34(3)33-32-19/h6-7,15,17,20,24H,4-5,8-14H2,1-3H3,(H,39,40)/t15?,17?,20-,28-/m1/s1. The molecule has 1 aliphatic carbocycles. The summed E-state index contributed by atoms with van der Waals surface area (Å²) in [6.45, 7) is 4.20. The number of carbonyl (C=O) groups is 3. The summed E-state index contributed by atoms with van der Waals surface area (Å²) in [5.74, 6) is -1.82. The number of carboxylic acids is 1. The first kappa shape index (κ1) is 29.2. The number of likely N-dealkylation sites (tertiary alicyclic amines) is 1. The molecule has 2 amide bonds. The number of carboxylic acid groups (broad SMARTS) is 1. The zero-order chi connectivity index (χ0) is 29.6. The Bertz CT molecular complexity index is 1370. The van der Waals surface area contributed by atoms with Crippen molar-refractivity contribution in [3.63, 3.8) is 0 Å². The second kappa shape index (κ2) is 11.2. The number of aryl methyl sites for hydroxylation is 1. The highest BCUT2D eigenvalue weighted by atomic mass is 35.5. The van der Waals surface area contributed by atoms with Crippen molar-refractivity contribution in [1.82, 2.24) is 24.8 Å². The van der Waals surface area contributed by atoms with Crippen LogP contribution in [-0.2, 0) is 34.5 Å². The molecule has 222 valence electrons. The lowest BCUT2D eigenvalue weighted by molar-refractivity contribution is -0.158. The Kier molecular flexibility index (Phi) is 7.97. The lowest BCUT2D eigenvalue weighted by Crippen LogP contribution is -2.50. The molecule has 2 aromatic rings. The molecular weight excluding hydrogens is 560 g/mol. The Labute approximate surface area is 241 Å². The van der Waals surface area contributed by atoms with Crippen LogP contribution in [0.5, 0.6) is 5.75 Å². The number of halogens is 3. The Hall–Kier alpha value is -3.28. The number of hydrogen-bond donors (Lipinski definition) is 1. The van der Waals surface area contributed by atoms with Crippen molar-refractivity contribution in [2.75, 3.05) is 19.6 Å². The van der Waals surface area contributed by atoms with E-state index in [0.717, 1.165) is 10.2 Å². The maximum atomic E-state index is 14.1. The first-order valence-corrected chi connectivity index (χ1v) is 14.2. The zero-order valence-electron chi connectivity index (χ0n) is 23.3. The van der Waals surface area contributed by atoms with Gasteiger partial charge in [0.15, 0.2) is 0 Å². The van der Waals surface area contributed by atoms with Crippen molar-refractivity contribution in [2.45, 2.75) is 65.0 Å². The molecule has 1 aromatic heterocycles. The number of amides is 2. The zero-order valence-corrected chi connectivity index (χ0v) is 24.0. The minimum atomic E-state index is -2.80. The molecule has 1 aromatic carbocycles. The van der Waals surface area contributed by atoms with Crippen molar-refractivity contribution in [2.24, 2.45) is 24.3 Å². The van der Waals surface area contributed by atoms with Gasteiger partial charge >= 0.3 is 5.97 Å². The second-order valence-corrected chi connectivity index (χ2v) is 11.9. The van der Waals surface area contributed by atoms with E-state index in [1.54, 1.807) is 28.9 Å². The van der Waals surface area contributed by atoms with Crippen molar-refractivity contribution in [1.29, 1.82) is 0 Å². The average molecular weight is 594 g/mol. The highest BCUT2D eigenvalue weighted by Gasteiger charge is 2.51. The average Bonchev–Trinajstić information content (AvgIpc) is 3.61. The van der Waals surface area contributed by atoms with Gasteiger partial charge in [0.2, 0.25) is 11.8 Å². The molecule has 10 nitrogen and oxygen atoms in total. The van der Waals surface area contributed by atoms with Crippen molar-refractivity contribution >= 4 is 29.4 Å². The maximum absolute atomic E-state index is 14.1. The number of benzene rings is 1. The van der Waals surface area contributed by atoms with Crippen LogP contribution in [0.15, 0.2) is 12.1 Å². The number of alkyl halides is 2.